The summed E-state index contributed by atoms with van der Waals surface area (Å²) < 4.78 is 12.9. The van der Waals surface area contributed by atoms with E-state index in [1.807, 2.05) is 0 Å². The van der Waals surface area contributed by atoms with Gasteiger partial charge >= 0.3 is 11.9 Å². The molecule has 20 heavy (non-hydrogen) atoms. The summed E-state index contributed by atoms with van der Waals surface area (Å²) in [6, 6.07) is 7.97. The molecule has 0 aliphatic rings. The molecule has 0 fully saturated rings. The maximum atomic E-state index is 12.9. The highest BCUT2D eigenvalue weighted by Crippen LogP contribution is 2.27. The lowest BCUT2D eigenvalue weighted by atomic mass is 9.94. The van der Waals surface area contributed by atoms with Crippen LogP contribution in [0.2, 0.25) is 0 Å². The van der Waals surface area contributed by atoms with Crippen LogP contribution in [0.25, 0.3) is 11.1 Å². The van der Waals surface area contributed by atoms with Crippen LogP contribution in [0.5, 0.6) is 0 Å². The number of aryl methyl sites for hydroxylation is 1. The number of hydrogen-bond acceptors (Lipinski definition) is 2. The van der Waals surface area contributed by atoms with Gasteiger partial charge in [-0.2, -0.15) is 0 Å². The lowest BCUT2D eigenvalue weighted by Crippen LogP contribution is -2.06. The fraction of sp³-hybridized carbons (Fsp3) is 0.0667. The summed E-state index contributed by atoms with van der Waals surface area (Å²) in [6.07, 6.45) is 0. The first-order valence-electron chi connectivity index (χ1n) is 5.77. The minimum absolute atomic E-state index is 0.0618. The molecular weight excluding hydrogens is 263 g/mol. The SMILES string of the molecule is Cc1cc(-c2ccc(F)cc2)c(C(=O)O)cc1C(=O)O. The van der Waals surface area contributed by atoms with Gasteiger partial charge in [-0.15, -0.1) is 0 Å². The zero-order chi connectivity index (χ0) is 14.9. The number of carbonyl (C=O) groups is 2. The molecule has 0 aromatic heterocycles. The van der Waals surface area contributed by atoms with Crippen molar-refractivity contribution in [3.63, 3.8) is 0 Å². The minimum atomic E-state index is -1.23. The van der Waals surface area contributed by atoms with Gasteiger partial charge in [0.1, 0.15) is 5.82 Å². The third-order valence-corrected chi connectivity index (χ3v) is 2.98. The van der Waals surface area contributed by atoms with Gasteiger partial charge in [0, 0.05) is 0 Å². The molecule has 2 aromatic rings. The normalized spacial score (nSPS) is 10.3. The maximum Gasteiger partial charge on any atom is 0.336 e. The summed E-state index contributed by atoms with van der Waals surface area (Å²) in [4.78, 5) is 22.3. The van der Waals surface area contributed by atoms with Crippen molar-refractivity contribution in [1.82, 2.24) is 0 Å². The van der Waals surface area contributed by atoms with Gasteiger partial charge in [0.15, 0.2) is 0 Å². The summed E-state index contributed by atoms with van der Waals surface area (Å²) in [5, 5.41) is 18.2. The Hall–Kier alpha value is -2.69. The van der Waals surface area contributed by atoms with Crippen LogP contribution in [-0.2, 0) is 0 Å². The lowest BCUT2D eigenvalue weighted by molar-refractivity contribution is 0.0695. The average Bonchev–Trinajstić information content (AvgIpc) is 2.38. The van der Waals surface area contributed by atoms with Gasteiger partial charge in [-0.3, -0.25) is 0 Å². The van der Waals surface area contributed by atoms with E-state index >= 15 is 0 Å². The van der Waals surface area contributed by atoms with Crippen LogP contribution >= 0.6 is 0 Å². The van der Waals surface area contributed by atoms with Gasteiger partial charge in [0.05, 0.1) is 11.1 Å². The highest BCUT2D eigenvalue weighted by molar-refractivity contribution is 6.00. The molecule has 0 saturated carbocycles. The van der Waals surface area contributed by atoms with Crippen molar-refractivity contribution in [2.45, 2.75) is 6.92 Å². The Morgan fingerprint density at radius 2 is 1.50 bits per heavy atom. The van der Waals surface area contributed by atoms with Crippen molar-refractivity contribution in [1.29, 1.82) is 0 Å². The average molecular weight is 274 g/mol. The topological polar surface area (TPSA) is 74.6 Å². The highest BCUT2D eigenvalue weighted by atomic mass is 19.1. The molecule has 4 nitrogen and oxygen atoms in total. The minimum Gasteiger partial charge on any atom is -0.478 e. The van der Waals surface area contributed by atoms with E-state index in [1.165, 1.54) is 30.3 Å². The van der Waals surface area contributed by atoms with Crippen LogP contribution in [-0.4, -0.2) is 22.2 Å². The first-order chi connectivity index (χ1) is 9.40. The predicted molar refractivity (Wildman–Crippen MR) is 70.5 cm³/mol. The maximum absolute atomic E-state index is 12.9. The molecule has 0 spiro atoms. The highest BCUT2D eigenvalue weighted by Gasteiger charge is 2.17. The molecular formula is C15H11FO4. The van der Waals surface area contributed by atoms with E-state index < -0.39 is 17.8 Å². The molecule has 0 saturated heterocycles. The van der Waals surface area contributed by atoms with Gasteiger partial charge < -0.3 is 10.2 Å². The Balaban J connectivity index is 2.69. The van der Waals surface area contributed by atoms with Crippen molar-refractivity contribution < 1.29 is 24.2 Å². The van der Waals surface area contributed by atoms with E-state index in [4.69, 9.17) is 5.11 Å². The van der Waals surface area contributed by atoms with Crippen molar-refractivity contribution in [2.24, 2.45) is 0 Å². The van der Waals surface area contributed by atoms with Crippen LogP contribution in [0.1, 0.15) is 26.3 Å². The Morgan fingerprint density at radius 1 is 0.950 bits per heavy atom. The summed E-state index contributed by atoms with van der Waals surface area (Å²) >= 11 is 0. The van der Waals surface area contributed by atoms with Gasteiger partial charge in [-0.05, 0) is 47.9 Å². The number of aromatic carboxylic acids is 2. The first-order valence-corrected chi connectivity index (χ1v) is 5.77. The molecule has 0 bridgehead atoms. The summed E-state index contributed by atoms with van der Waals surface area (Å²) in [6.45, 7) is 1.59. The van der Waals surface area contributed by atoms with E-state index in [0.29, 0.717) is 16.7 Å². The van der Waals surface area contributed by atoms with Gasteiger partial charge in [0.25, 0.3) is 0 Å². The summed E-state index contributed by atoms with van der Waals surface area (Å²) in [5.74, 6) is -2.84. The molecule has 0 amide bonds. The van der Waals surface area contributed by atoms with Gasteiger partial charge in [0.2, 0.25) is 0 Å². The molecule has 0 heterocycles. The zero-order valence-corrected chi connectivity index (χ0v) is 10.6. The van der Waals surface area contributed by atoms with Crippen molar-refractivity contribution >= 4 is 11.9 Å². The third-order valence-electron chi connectivity index (χ3n) is 2.98. The summed E-state index contributed by atoms with van der Waals surface area (Å²) in [5.41, 5.74) is 1.14. The largest absolute Gasteiger partial charge is 0.478 e. The Labute approximate surface area is 114 Å². The van der Waals surface area contributed by atoms with Crippen LogP contribution < -0.4 is 0 Å². The number of rotatable bonds is 3. The molecule has 2 rings (SSSR count). The fourth-order valence-corrected chi connectivity index (χ4v) is 1.98. The smallest absolute Gasteiger partial charge is 0.336 e. The lowest BCUT2D eigenvalue weighted by Gasteiger charge is -2.10. The van der Waals surface area contributed by atoms with E-state index in [-0.39, 0.29) is 11.1 Å². The predicted octanol–water partition coefficient (Wildman–Crippen LogP) is 3.20. The van der Waals surface area contributed by atoms with Crippen LogP contribution in [0.4, 0.5) is 4.39 Å². The molecule has 0 atom stereocenters. The number of carboxylic acids is 2. The number of benzene rings is 2. The monoisotopic (exact) mass is 274 g/mol. The van der Waals surface area contributed by atoms with Crippen LogP contribution in [0.15, 0.2) is 36.4 Å². The van der Waals surface area contributed by atoms with Gasteiger partial charge in [-0.1, -0.05) is 12.1 Å². The second kappa shape index (κ2) is 5.13. The van der Waals surface area contributed by atoms with E-state index in [9.17, 15) is 19.1 Å². The Bertz CT molecular complexity index is 690. The molecule has 102 valence electrons. The van der Waals surface area contributed by atoms with E-state index in [0.717, 1.165) is 6.07 Å². The first kappa shape index (κ1) is 13.7. The second-order valence-electron chi connectivity index (χ2n) is 4.33. The van der Waals surface area contributed by atoms with Crippen LogP contribution in [0, 0.1) is 12.7 Å². The number of hydrogen-bond donors (Lipinski definition) is 2. The number of carboxylic acid groups (broad SMARTS) is 2. The molecule has 2 aromatic carbocycles. The Morgan fingerprint density at radius 3 is 2.00 bits per heavy atom. The fourth-order valence-electron chi connectivity index (χ4n) is 1.98. The van der Waals surface area contributed by atoms with E-state index in [1.54, 1.807) is 6.92 Å². The Kier molecular flexibility index (Phi) is 3.52. The third kappa shape index (κ3) is 2.51. The van der Waals surface area contributed by atoms with Gasteiger partial charge in [-0.25, -0.2) is 14.0 Å². The van der Waals surface area contributed by atoms with Crippen LogP contribution in [0.3, 0.4) is 0 Å². The molecule has 0 aliphatic carbocycles. The standard InChI is InChI=1S/C15H11FO4/c1-8-6-12(9-2-4-10(16)5-3-9)13(15(19)20)7-11(8)14(17)18/h2-7H,1H3,(H,17,18)(H,19,20). The second-order valence-corrected chi connectivity index (χ2v) is 4.33. The molecule has 5 heteroatoms. The van der Waals surface area contributed by atoms with Crippen molar-refractivity contribution in [3.8, 4) is 11.1 Å². The van der Waals surface area contributed by atoms with Crippen molar-refractivity contribution in [3.05, 3.63) is 58.9 Å². The zero-order valence-electron chi connectivity index (χ0n) is 10.6. The summed E-state index contributed by atoms with van der Waals surface area (Å²) in [7, 11) is 0. The van der Waals surface area contributed by atoms with Crippen molar-refractivity contribution in [2.75, 3.05) is 0 Å². The quantitative estimate of drug-likeness (QED) is 0.901. The number of halogens is 1. The molecule has 2 N–H and O–H groups in total. The molecule has 0 aliphatic heterocycles. The molecule has 0 unspecified atom stereocenters. The van der Waals surface area contributed by atoms with E-state index in [2.05, 4.69) is 0 Å². The molecule has 0 radical (unpaired) electrons.